The van der Waals surface area contributed by atoms with Crippen LogP contribution in [0.2, 0.25) is 0 Å². The normalized spacial score (nSPS) is 18.5. The van der Waals surface area contributed by atoms with Crippen LogP contribution in [0, 0.1) is 5.92 Å². The fourth-order valence-electron chi connectivity index (χ4n) is 4.25. The summed E-state index contributed by atoms with van der Waals surface area (Å²) in [5, 5.41) is 7.35. The average Bonchev–Trinajstić information content (AvgIpc) is 3.35. The SMILES string of the molecule is O=C(Nc1cccc(-n2cccn2)c1)[C@@H]1CCCN(Cc2ccc3c(c2)OCCO3)C1. The summed E-state index contributed by atoms with van der Waals surface area (Å²) in [6.07, 6.45) is 5.54. The Morgan fingerprint density at radius 1 is 1.10 bits per heavy atom. The molecule has 3 heterocycles. The maximum absolute atomic E-state index is 13.0. The minimum absolute atomic E-state index is 0.0284. The van der Waals surface area contributed by atoms with Gasteiger partial charge in [-0.15, -0.1) is 0 Å². The van der Waals surface area contributed by atoms with Crippen molar-refractivity contribution in [3.05, 3.63) is 66.5 Å². The average molecular weight is 418 g/mol. The van der Waals surface area contributed by atoms with Gasteiger partial charge in [-0.3, -0.25) is 9.69 Å². The van der Waals surface area contributed by atoms with E-state index in [2.05, 4.69) is 27.4 Å². The smallest absolute Gasteiger partial charge is 0.228 e. The second-order valence-corrected chi connectivity index (χ2v) is 8.04. The summed E-state index contributed by atoms with van der Waals surface area (Å²) >= 11 is 0. The first-order chi connectivity index (χ1) is 15.2. The molecule has 1 amide bonds. The summed E-state index contributed by atoms with van der Waals surface area (Å²) in [5.41, 5.74) is 2.89. The van der Waals surface area contributed by atoms with Gasteiger partial charge in [0.1, 0.15) is 13.2 Å². The van der Waals surface area contributed by atoms with E-state index in [4.69, 9.17) is 9.47 Å². The molecule has 0 saturated carbocycles. The van der Waals surface area contributed by atoms with Gasteiger partial charge in [-0.05, 0) is 61.3 Å². The molecule has 0 bridgehead atoms. The second kappa shape index (κ2) is 8.81. The molecule has 0 spiro atoms. The van der Waals surface area contributed by atoms with Crippen LogP contribution >= 0.6 is 0 Å². The van der Waals surface area contributed by atoms with Crippen LogP contribution in [-0.2, 0) is 11.3 Å². The van der Waals surface area contributed by atoms with Gasteiger partial charge in [0.25, 0.3) is 0 Å². The summed E-state index contributed by atoms with van der Waals surface area (Å²) in [6.45, 7) is 3.73. The van der Waals surface area contributed by atoms with E-state index >= 15 is 0 Å². The van der Waals surface area contributed by atoms with Crippen molar-refractivity contribution in [2.75, 3.05) is 31.6 Å². The topological polar surface area (TPSA) is 68.6 Å². The molecule has 5 rings (SSSR count). The lowest BCUT2D eigenvalue weighted by Crippen LogP contribution is -2.40. The number of hydrogen-bond donors (Lipinski definition) is 1. The Balaban J connectivity index is 1.21. The zero-order valence-electron chi connectivity index (χ0n) is 17.4. The molecule has 31 heavy (non-hydrogen) atoms. The monoisotopic (exact) mass is 418 g/mol. The number of piperidine rings is 1. The zero-order valence-corrected chi connectivity index (χ0v) is 17.4. The van der Waals surface area contributed by atoms with Gasteiger partial charge in [0, 0.05) is 31.2 Å². The van der Waals surface area contributed by atoms with E-state index in [1.54, 1.807) is 10.9 Å². The number of amides is 1. The number of carbonyl (C=O) groups excluding carboxylic acids is 1. The van der Waals surface area contributed by atoms with Crippen molar-refractivity contribution < 1.29 is 14.3 Å². The van der Waals surface area contributed by atoms with Gasteiger partial charge in [0.2, 0.25) is 5.91 Å². The maximum atomic E-state index is 13.0. The van der Waals surface area contributed by atoms with Gasteiger partial charge >= 0.3 is 0 Å². The maximum Gasteiger partial charge on any atom is 0.228 e. The molecule has 7 nitrogen and oxygen atoms in total. The number of carbonyl (C=O) groups is 1. The third-order valence-electron chi connectivity index (χ3n) is 5.77. The number of likely N-dealkylation sites (tertiary alicyclic amines) is 1. The summed E-state index contributed by atoms with van der Waals surface area (Å²) in [7, 11) is 0. The van der Waals surface area contributed by atoms with Crippen molar-refractivity contribution in [3.63, 3.8) is 0 Å². The molecule has 2 aliphatic heterocycles. The number of anilines is 1. The summed E-state index contributed by atoms with van der Waals surface area (Å²) in [5.74, 6) is 1.67. The van der Waals surface area contributed by atoms with Crippen LogP contribution in [0.5, 0.6) is 11.5 Å². The number of nitrogens with one attached hydrogen (secondary N) is 1. The predicted molar refractivity (Wildman–Crippen MR) is 118 cm³/mol. The quantitative estimate of drug-likeness (QED) is 0.687. The molecular formula is C24H26N4O3. The van der Waals surface area contributed by atoms with E-state index in [-0.39, 0.29) is 11.8 Å². The Kier molecular flexibility index (Phi) is 5.58. The molecule has 1 aromatic heterocycles. The molecule has 0 aliphatic carbocycles. The third-order valence-corrected chi connectivity index (χ3v) is 5.77. The van der Waals surface area contributed by atoms with Crippen molar-refractivity contribution in [2.24, 2.45) is 5.92 Å². The van der Waals surface area contributed by atoms with Crippen molar-refractivity contribution in [1.29, 1.82) is 0 Å². The van der Waals surface area contributed by atoms with Crippen molar-refractivity contribution in [2.45, 2.75) is 19.4 Å². The van der Waals surface area contributed by atoms with Gasteiger partial charge in [0.05, 0.1) is 11.6 Å². The van der Waals surface area contributed by atoms with Crippen LogP contribution in [0.3, 0.4) is 0 Å². The first-order valence-electron chi connectivity index (χ1n) is 10.8. The number of fused-ring (bicyclic) bond motifs is 1. The number of nitrogens with zero attached hydrogens (tertiary/aromatic N) is 3. The Labute approximate surface area is 181 Å². The molecule has 1 atom stereocenters. The summed E-state index contributed by atoms with van der Waals surface area (Å²) in [4.78, 5) is 15.3. The third kappa shape index (κ3) is 4.56. The van der Waals surface area contributed by atoms with E-state index < -0.39 is 0 Å². The summed E-state index contributed by atoms with van der Waals surface area (Å²) in [6, 6.07) is 15.8. The van der Waals surface area contributed by atoms with E-state index in [1.807, 2.05) is 42.6 Å². The molecule has 1 saturated heterocycles. The molecule has 0 unspecified atom stereocenters. The standard InChI is InChI=1S/C24H26N4O3/c29-24(26-20-5-1-6-21(15-20)28-11-3-9-25-28)19-4-2-10-27(17-19)16-18-7-8-22-23(14-18)31-13-12-30-22/h1,3,5-9,11,14-15,19H,2,4,10,12-13,16-17H2,(H,26,29)/t19-/m1/s1. The lowest BCUT2D eigenvalue weighted by atomic mass is 9.96. The highest BCUT2D eigenvalue weighted by Gasteiger charge is 2.26. The summed E-state index contributed by atoms with van der Waals surface area (Å²) < 4.78 is 13.1. The number of aromatic nitrogens is 2. The first kappa shape index (κ1) is 19.6. The largest absolute Gasteiger partial charge is 0.486 e. The number of benzene rings is 2. The van der Waals surface area contributed by atoms with Crippen LogP contribution in [0.15, 0.2) is 60.9 Å². The number of hydrogen-bond acceptors (Lipinski definition) is 5. The van der Waals surface area contributed by atoms with Gasteiger partial charge in [0.15, 0.2) is 11.5 Å². The minimum atomic E-state index is -0.0284. The van der Waals surface area contributed by atoms with Gasteiger partial charge < -0.3 is 14.8 Å². The van der Waals surface area contributed by atoms with Crippen LogP contribution in [-0.4, -0.2) is 46.9 Å². The molecule has 2 aromatic carbocycles. The predicted octanol–water partition coefficient (Wildman–Crippen LogP) is 3.49. The van der Waals surface area contributed by atoms with E-state index in [9.17, 15) is 4.79 Å². The Morgan fingerprint density at radius 2 is 2.00 bits per heavy atom. The molecule has 1 N–H and O–H groups in total. The van der Waals surface area contributed by atoms with E-state index in [0.29, 0.717) is 13.2 Å². The zero-order chi connectivity index (χ0) is 21.0. The highest BCUT2D eigenvalue weighted by atomic mass is 16.6. The lowest BCUT2D eigenvalue weighted by molar-refractivity contribution is -0.121. The minimum Gasteiger partial charge on any atom is -0.486 e. The molecule has 160 valence electrons. The van der Waals surface area contributed by atoms with Crippen molar-refractivity contribution in [1.82, 2.24) is 14.7 Å². The molecule has 1 fully saturated rings. The van der Waals surface area contributed by atoms with Crippen molar-refractivity contribution >= 4 is 11.6 Å². The lowest BCUT2D eigenvalue weighted by Gasteiger charge is -2.32. The fraction of sp³-hybridized carbons (Fsp3) is 0.333. The van der Waals surface area contributed by atoms with Crippen LogP contribution in [0.25, 0.3) is 5.69 Å². The number of rotatable bonds is 5. The fourth-order valence-corrected chi connectivity index (χ4v) is 4.25. The highest BCUT2D eigenvalue weighted by Crippen LogP contribution is 2.31. The molecule has 0 radical (unpaired) electrons. The number of ether oxygens (including phenoxy) is 2. The Bertz CT molecular complexity index is 1050. The first-order valence-corrected chi connectivity index (χ1v) is 10.8. The van der Waals surface area contributed by atoms with Gasteiger partial charge in [-0.2, -0.15) is 5.10 Å². The van der Waals surface area contributed by atoms with Crippen LogP contribution in [0.4, 0.5) is 5.69 Å². The molecule has 7 heteroatoms. The molecule has 3 aromatic rings. The van der Waals surface area contributed by atoms with Crippen LogP contribution in [0.1, 0.15) is 18.4 Å². The Hall–Kier alpha value is -3.32. The van der Waals surface area contributed by atoms with Gasteiger partial charge in [-0.25, -0.2) is 4.68 Å². The Morgan fingerprint density at radius 3 is 2.87 bits per heavy atom. The van der Waals surface area contributed by atoms with E-state index in [1.165, 1.54) is 5.56 Å². The van der Waals surface area contributed by atoms with Gasteiger partial charge in [-0.1, -0.05) is 12.1 Å². The van der Waals surface area contributed by atoms with Crippen molar-refractivity contribution in [3.8, 4) is 17.2 Å². The second-order valence-electron chi connectivity index (χ2n) is 8.04. The molecular weight excluding hydrogens is 392 g/mol. The highest BCUT2D eigenvalue weighted by molar-refractivity contribution is 5.93. The molecule has 2 aliphatic rings. The van der Waals surface area contributed by atoms with Crippen LogP contribution < -0.4 is 14.8 Å². The van der Waals surface area contributed by atoms with E-state index in [0.717, 1.165) is 55.3 Å².